The zero-order valence-electron chi connectivity index (χ0n) is 15.4. The molecule has 0 bridgehead atoms. The van der Waals surface area contributed by atoms with Crippen LogP contribution < -0.4 is 9.47 Å². The number of aliphatic hydroxyl groups excluding tert-OH is 3. The van der Waals surface area contributed by atoms with Gasteiger partial charge in [0.25, 0.3) is 0 Å². The Labute approximate surface area is 158 Å². The summed E-state index contributed by atoms with van der Waals surface area (Å²) in [4.78, 5) is 12.0. The summed E-state index contributed by atoms with van der Waals surface area (Å²) in [5.41, 5.74) is 1.19. The molecular formula is C21H24O6. The Kier molecular flexibility index (Phi) is 7.12. The molecule has 2 rings (SSSR count). The number of hydrogen-bond donors (Lipinski definition) is 3. The predicted octanol–water partition coefficient (Wildman–Crippen LogP) is 2.25. The zero-order chi connectivity index (χ0) is 19.9. The van der Waals surface area contributed by atoms with Gasteiger partial charge in [-0.15, -0.1) is 0 Å². The summed E-state index contributed by atoms with van der Waals surface area (Å²) in [6.07, 6.45) is 3.77. The van der Waals surface area contributed by atoms with Crippen molar-refractivity contribution in [2.75, 3.05) is 20.3 Å². The van der Waals surface area contributed by atoms with Gasteiger partial charge in [-0.05, 0) is 53.9 Å². The zero-order valence-corrected chi connectivity index (χ0v) is 15.4. The quantitative estimate of drug-likeness (QED) is 0.374. The van der Waals surface area contributed by atoms with Gasteiger partial charge in [-0.3, -0.25) is 4.79 Å². The van der Waals surface area contributed by atoms with E-state index in [4.69, 9.17) is 9.47 Å². The normalized spacial score (nSPS) is 11.6. The van der Waals surface area contributed by atoms with Gasteiger partial charge in [-0.25, -0.2) is 0 Å². The van der Waals surface area contributed by atoms with Crippen molar-refractivity contribution in [1.29, 1.82) is 0 Å². The Morgan fingerprint density at radius 2 is 1.59 bits per heavy atom. The maximum Gasteiger partial charge on any atom is 0.321 e. The van der Waals surface area contributed by atoms with Crippen LogP contribution in [0.1, 0.15) is 23.6 Å². The number of carbonyl (C=O) groups is 1. The largest absolute Gasteiger partial charge is 0.497 e. The molecule has 3 N–H and O–H groups in total. The molecule has 0 aliphatic rings. The highest BCUT2D eigenvalue weighted by molar-refractivity contribution is 5.79. The molecule has 0 radical (unpaired) electrons. The van der Waals surface area contributed by atoms with E-state index < -0.39 is 24.6 Å². The van der Waals surface area contributed by atoms with E-state index >= 15 is 0 Å². The van der Waals surface area contributed by atoms with Gasteiger partial charge in [-0.2, -0.15) is 0 Å². The van der Waals surface area contributed by atoms with Crippen LogP contribution in [0.5, 0.6) is 11.5 Å². The lowest BCUT2D eigenvalue weighted by Crippen LogP contribution is -2.38. The molecule has 0 spiro atoms. The van der Waals surface area contributed by atoms with Gasteiger partial charge in [0.15, 0.2) is 0 Å². The molecule has 0 fully saturated rings. The molecular weight excluding hydrogens is 348 g/mol. The summed E-state index contributed by atoms with van der Waals surface area (Å²) in [5, 5.41) is 27.8. The maximum atomic E-state index is 12.0. The first kappa shape index (κ1) is 20.6. The number of carbonyl (C=O) groups excluding carboxylic acids is 1. The SMILES string of the molecule is COc1cc(C=Cc2ccc(OC(=O)C(C)(CO)CO)cc2)cc(CO)c1. The highest BCUT2D eigenvalue weighted by Crippen LogP contribution is 2.22. The summed E-state index contributed by atoms with van der Waals surface area (Å²) in [7, 11) is 1.57. The lowest BCUT2D eigenvalue weighted by atomic mass is 9.93. The molecule has 0 unspecified atom stereocenters. The number of hydrogen-bond acceptors (Lipinski definition) is 6. The van der Waals surface area contributed by atoms with Gasteiger partial charge >= 0.3 is 5.97 Å². The molecule has 6 heteroatoms. The van der Waals surface area contributed by atoms with Crippen molar-refractivity contribution in [3.05, 3.63) is 59.2 Å². The molecule has 0 heterocycles. The van der Waals surface area contributed by atoms with Crippen LogP contribution in [0.15, 0.2) is 42.5 Å². The second-order valence-electron chi connectivity index (χ2n) is 6.44. The number of rotatable bonds is 8. The third kappa shape index (κ3) is 5.40. The average Bonchev–Trinajstić information content (AvgIpc) is 2.72. The van der Waals surface area contributed by atoms with Gasteiger partial charge < -0.3 is 24.8 Å². The molecule has 0 aromatic heterocycles. The first-order valence-electron chi connectivity index (χ1n) is 8.45. The van der Waals surface area contributed by atoms with E-state index in [0.29, 0.717) is 11.5 Å². The topological polar surface area (TPSA) is 96.2 Å². The number of ether oxygens (including phenoxy) is 2. The van der Waals surface area contributed by atoms with E-state index in [1.165, 1.54) is 6.92 Å². The first-order valence-corrected chi connectivity index (χ1v) is 8.45. The fourth-order valence-electron chi connectivity index (χ4n) is 2.24. The third-order valence-corrected chi connectivity index (χ3v) is 4.16. The predicted molar refractivity (Wildman–Crippen MR) is 102 cm³/mol. The fourth-order valence-corrected chi connectivity index (χ4v) is 2.24. The summed E-state index contributed by atoms with van der Waals surface area (Å²) >= 11 is 0. The molecule has 0 saturated carbocycles. The van der Waals surface area contributed by atoms with Crippen LogP contribution in [0.3, 0.4) is 0 Å². The molecule has 6 nitrogen and oxygen atoms in total. The molecule has 27 heavy (non-hydrogen) atoms. The van der Waals surface area contributed by atoms with Crippen molar-refractivity contribution in [2.24, 2.45) is 5.41 Å². The van der Waals surface area contributed by atoms with Crippen LogP contribution >= 0.6 is 0 Å². The highest BCUT2D eigenvalue weighted by atomic mass is 16.5. The maximum absolute atomic E-state index is 12.0. The minimum Gasteiger partial charge on any atom is -0.497 e. The Bertz CT molecular complexity index is 769. The van der Waals surface area contributed by atoms with Gasteiger partial charge in [0.1, 0.15) is 16.9 Å². The van der Waals surface area contributed by atoms with Crippen LogP contribution in [0.2, 0.25) is 0 Å². The molecule has 2 aromatic rings. The van der Waals surface area contributed by atoms with Crippen molar-refractivity contribution < 1.29 is 29.6 Å². The van der Waals surface area contributed by atoms with E-state index in [2.05, 4.69) is 0 Å². The highest BCUT2D eigenvalue weighted by Gasteiger charge is 2.34. The summed E-state index contributed by atoms with van der Waals surface area (Å²) in [6.45, 7) is 0.360. The second kappa shape index (κ2) is 9.32. The molecule has 0 aliphatic heterocycles. The van der Waals surface area contributed by atoms with Crippen LogP contribution in [0.25, 0.3) is 12.2 Å². The summed E-state index contributed by atoms with van der Waals surface area (Å²) in [6, 6.07) is 12.3. The van der Waals surface area contributed by atoms with Crippen molar-refractivity contribution >= 4 is 18.1 Å². The van der Waals surface area contributed by atoms with E-state index in [-0.39, 0.29) is 6.61 Å². The van der Waals surface area contributed by atoms with E-state index in [1.807, 2.05) is 24.3 Å². The number of methoxy groups -OCH3 is 1. The third-order valence-electron chi connectivity index (χ3n) is 4.16. The average molecular weight is 372 g/mol. The Morgan fingerprint density at radius 1 is 0.963 bits per heavy atom. The minimum atomic E-state index is -1.34. The van der Waals surface area contributed by atoms with Crippen molar-refractivity contribution in [3.8, 4) is 11.5 Å². The standard InChI is InChI=1S/C21H24O6/c1-21(13-23,14-24)20(25)27-18-7-5-15(6-8-18)3-4-16-9-17(12-22)11-19(10-16)26-2/h3-11,22-24H,12-14H2,1-2H3. The number of benzene rings is 2. The fraction of sp³-hybridized carbons (Fsp3) is 0.286. The van der Waals surface area contributed by atoms with Crippen molar-refractivity contribution in [2.45, 2.75) is 13.5 Å². The summed E-state index contributed by atoms with van der Waals surface area (Å²) < 4.78 is 10.4. The van der Waals surface area contributed by atoms with Crippen LogP contribution in [0, 0.1) is 5.41 Å². The number of aliphatic hydroxyl groups is 3. The minimum absolute atomic E-state index is 0.0707. The van der Waals surface area contributed by atoms with Crippen LogP contribution in [-0.4, -0.2) is 41.6 Å². The molecule has 0 amide bonds. The van der Waals surface area contributed by atoms with Gasteiger partial charge in [-0.1, -0.05) is 24.3 Å². The van der Waals surface area contributed by atoms with Gasteiger partial charge in [0, 0.05) is 0 Å². The van der Waals surface area contributed by atoms with E-state index in [1.54, 1.807) is 37.4 Å². The lowest BCUT2D eigenvalue weighted by Gasteiger charge is -2.21. The molecule has 0 atom stereocenters. The van der Waals surface area contributed by atoms with Crippen LogP contribution in [-0.2, 0) is 11.4 Å². The lowest BCUT2D eigenvalue weighted by molar-refractivity contribution is -0.149. The summed E-state index contributed by atoms with van der Waals surface area (Å²) in [5.74, 6) is 0.303. The Balaban J connectivity index is 2.10. The second-order valence-corrected chi connectivity index (χ2v) is 6.44. The Hall–Kier alpha value is -2.67. The molecule has 0 aliphatic carbocycles. The Morgan fingerprint density at radius 3 is 2.15 bits per heavy atom. The first-order chi connectivity index (χ1) is 12.9. The van der Waals surface area contributed by atoms with Gasteiger partial charge in [0.05, 0.1) is 26.9 Å². The molecule has 2 aromatic carbocycles. The van der Waals surface area contributed by atoms with Gasteiger partial charge in [0.2, 0.25) is 0 Å². The molecule has 144 valence electrons. The monoisotopic (exact) mass is 372 g/mol. The molecule has 0 saturated heterocycles. The van der Waals surface area contributed by atoms with Crippen LogP contribution in [0.4, 0.5) is 0 Å². The van der Waals surface area contributed by atoms with Crippen molar-refractivity contribution in [1.82, 2.24) is 0 Å². The van der Waals surface area contributed by atoms with E-state index in [0.717, 1.165) is 16.7 Å². The number of esters is 1. The van der Waals surface area contributed by atoms with Crippen molar-refractivity contribution in [3.63, 3.8) is 0 Å². The van der Waals surface area contributed by atoms with E-state index in [9.17, 15) is 20.1 Å². The smallest absolute Gasteiger partial charge is 0.321 e.